The third-order valence-corrected chi connectivity index (χ3v) is 6.87. The van der Waals surface area contributed by atoms with Gasteiger partial charge in [0, 0.05) is 38.9 Å². The van der Waals surface area contributed by atoms with Gasteiger partial charge < -0.3 is 10.6 Å². The number of sulfonamides is 1. The lowest BCUT2D eigenvalue weighted by molar-refractivity contribution is 0.555. The van der Waals surface area contributed by atoms with Crippen LogP contribution in [0.2, 0.25) is 4.34 Å². The number of nitrogens with one attached hydrogen (secondary N) is 3. The normalized spacial score (nSPS) is 12.4. The summed E-state index contributed by atoms with van der Waals surface area (Å²) in [7, 11) is -1.85. The maximum atomic E-state index is 12.1. The average Bonchev–Trinajstić information content (AvgIpc) is 3.19. The number of thiophene rings is 1. The van der Waals surface area contributed by atoms with Crippen LogP contribution in [0.4, 0.5) is 0 Å². The van der Waals surface area contributed by atoms with E-state index < -0.39 is 10.0 Å². The van der Waals surface area contributed by atoms with Gasteiger partial charge in [0.25, 0.3) is 0 Å². The molecule has 0 fully saturated rings. The number of guanidine groups is 1. The van der Waals surface area contributed by atoms with Crippen LogP contribution in [0.25, 0.3) is 0 Å². The Morgan fingerprint density at radius 1 is 1.26 bits per heavy atom. The predicted octanol–water partition coefficient (Wildman–Crippen LogP) is 1.75. The summed E-state index contributed by atoms with van der Waals surface area (Å²) in [6, 6.07) is 5.11. The van der Waals surface area contributed by atoms with Crippen molar-refractivity contribution in [3.63, 3.8) is 0 Å². The first-order valence-corrected chi connectivity index (χ1v) is 11.2. The highest BCUT2D eigenvalue weighted by Crippen LogP contribution is 2.25. The lowest BCUT2D eigenvalue weighted by atomic mass is 10.4. The van der Waals surface area contributed by atoms with Crippen LogP contribution in [-0.4, -0.2) is 50.8 Å². The number of hydrogen-bond donors (Lipinski definition) is 3. The number of aliphatic imine (C=N–C) groups is 1. The predicted molar refractivity (Wildman–Crippen MR) is 110 cm³/mol. The molecule has 0 atom stereocenters. The number of halogens is 1. The van der Waals surface area contributed by atoms with Gasteiger partial charge in [-0.2, -0.15) is 5.10 Å². The third kappa shape index (κ3) is 6.80. The van der Waals surface area contributed by atoms with Crippen LogP contribution in [-0.2, 0) is 16.6 Å². The zero-order valence-electron chi connectivity index (χ0n) is 15.6. The Hall–Kier alpha value is -1.62. The second-order valence-corrected chi connectivity index (χ2v) is 9.59. The van der Waals surface area contributed by atoms with Crippen molar-refractivity contribution >= 4 is 38.9 Å². The van der Waals surface area contributed by atoms with Gasteiger partial charge >= 0.3 is 0 Å². The van der Waals surface area contributed by atoms with Crippen molar-refractivity contribution in [2.75, 3.05) is 26.7 Å². The molecule has 0 saturated heterocycles. The number of nitrogens with zero attached hydrogens (tertiary/aromatic N) is 3. The molecule has 150 valence electrons. The quantitative estimate of drug-likeness (QED) is 0.318. The molecule has 27 heavy (non-hydrogen) atoms. The highest BCUT2D eigenvalue weighted by atomic mass is 35.5. The smallest absolute Gasteiger partial charge is 0.250 e. The van der Waals surface area contributed by atoms with E-state index in [0.717, 1.165) is 42.2 Å². The van der Waals surface area contributed by atoms with Crippen molar-refractivity contribution < 1.29 is 8.42 Å². The van der Waals surface area contributed by atoms with Crippen molar-refractivity contribution in [1.82, 2.24) is 25.1 Å². The molecule has 2 aromatic heterocycles. The molecule has 0 unspecified atom stereocenters. The maximum absolute atomic E-state index is 12.1. The second-order valence-electron chi connectivity index (χ2n) is 5.89. The number of aromatic nitrogens is 2. The zero-order chi connectivity index (χ0) is 19.9. The van der Waals surface area contributed by atoms with Crippen LogP contribution < -0.4 is 15.4 Å². The van der Waals surface area contributed by atoms with Crippen LogP contribution in [0.5, 0.6) is 0 Å². The van der Waals surface area contributed by atoms with E-state index in [9.17, 15) is 8.42 Å². The minimum absolute atomic E-state index is 0.208. The standard InChI is InChI=1S/C16H25ClN6O2S2/c1-12-11-13(2)23(22-12)10-4-7-19-16(18-3)20-8-9-21-27(24,25)15-6-5-14(17)26-15/h5-6,11,21H,4,7-10H2,1-3H3,(H2,18,19,20). The van der Waals surface area contributed by atoms with Crippen LogP contribution >= 0.6 is 22.9 Å². The summed E-state index contributed by atoms with van der Waals surface area (Å²) in [5, 5.41) is 10.7. The second kappa shape index (κ2) is 10.1. The zero-order valence-corrected chi connectivity index (χ0v) is 18.0. The Bertz CT molecular complexity index is 875. The van der Waals surface area contributed by atoms with Crippen LogP contribution in [0.15, 0.2) is 27.4 Å². The summed E-state index contributed by atoms with van der Waals surface area (Å²) in [5.74, 6) is 0.627. The lowest BCUT2D eigenvalue weighted by Gasteiger charge is -2.12. The first-order chi connectivity index (χ1) is 12.8. The lowest BCUT2D eigenvalue weighted by Crippen LogP contribution is -2.41. The summed E-state index contributed by atoms with van der Waals surface area (Å²) in [4.78, 5) is 4.13. The van der Waals surface area contributed by atoms with Gasteiger partial charge in [-0.25, -0.2) is 13.1 Å². The minimum atomic E-state index is -3.52. The van der Waals surface area contributed by atoms with E-state index in [0.29, 0.717) is 16.8 Å². The molecule has 0 aromatic carbocycles. The Kier molecular flexibility index (Phi) is 8.08. The maximum Gasteiger partial charge on any atom is 0.250 e. The van der Waals surface area contributed by atoms with Crippen LogP contribution in [0.3, 0.4) is 0 Å². The molecule has 2 aromatic rings. The summed E-state index contributed by atoms with van der Waals surface area (Å²) in [6.45, 7) is 6.23. The van der Waals surface area contributed by atoms with Crippen LogP contribution in [0, 0.1) is 13.8 Å². The van der Waals surface area contributed by atoms with E-state index in [-0.39, 0.29) is 10.8 Å². The Balaban J connectivity index is 1.66. The topological polar surface area (TPSA) is 100 Å². The largest absolute Gasteiger partial charge is 0.356 e. The van der Waals surface area contributed by atoms with E-state index in [2.05, 4.69) is 31.5 Å². The van der Waals surface area contributed by atoms with E-state index in [1.165, 1.54) is 6.07 Å². The minimum Gasteiger partial charge on any atom is -0.356 e. The summed E-state index contributed by atoms with van der Waals surface area (Å²) >= 11 is 6.81. The molecule has 0 bridgehead atoms. The van der Waals surface area contributed by atoms with Gasteiger partial charge in [-0.15, -0.1) is 11.3 Å². The molecule has 0 aliphatic rings. The summed E-state index contributed by atoms with van der Waals surface area (Å²) in [6.07, 6.45) is 0.897. The van der Waals surface area contributed by atoms with Gasteiger partial charge in [0.1, 0.15) is 4.21 Å². The van der Waals surface area contributed by atoms with Crippen molar-refractivity contribution in [2.45, 2.75) is 31.0 Å². The summed E-state index contributed by atoms with van der Waals surface area (Å²) in [5.41, 5.74) is 2.17. The van der Waals surface area contributed by atoms with Crippen molar-refractivity contribution in [1.29, 1.82) is 0 Å². The Morgan fingerprint density at radius 2 is 2.00 bits per heavy atom. The van der Waals surface area contributed by atoms with Crippen molar-refractivity contribution in [3.05, 3.63) is 33.9 Å². The van der Waals surface area contributed by atoms with E-state index in [1.54, 1.807) is 13.1 Å². The van der Waals surface area contributed by atoms with Gasteiger partial charge in [-0.3, -0.25) is 9.67 Å². The molecule has 3 N–H and O–H groups in total. The van der Waals surface area contributed by atoms with E-state index in [1.807, 2.05) is 18.5 Å². The highest BCUT2D eigenvalue weighted by Gasteiger charge is 2.15. The number of rotatable bonds is 9. The van der Waals surface area contributed by atoms with Crippen molar-refractivity contribution in [2.24, 2.45) is 4.99 Å². The molecule has 2 heterocycles. The molecule has 0 saturated carbocycles. The fourth-order valence-corrected chi connectivity index (χ4v) is 5.00. The van der Waals surface area contributed by atoms with Gasteiger partial charge in [-0.05, 0) is 38.5 Å². The molecule has 2 rings (SSSR count). The molecule has 0 radical (unpaired) electrons. The number of hydrogen-bond acceptors (Lipinski definition) is 5. The van der Waals surface area contributed by atoms with Crippen molar-refractivity contribution in [3.8, 4) is 0 Å². The monoisotopic (exact) mass is 432 g/mol. The fourth-order valence-electron chi connectivity index (χ4n) is 2.44. The molecule has 0 aliphatic heterocycles. The highest BCUT2D eigenvalue weighted by molar-refractivity contribution is 7.91. The third-order valence-electron chi connectivity index (χ3n) is 3.69. The molecular formula is C16H25ClN6O2S2. The van der Waals surface area contributed by atoms with Gasteiger partial charge in [-0.1, -0.05) is 11.6 Å². The van der Waals surface area contributed by atoms with Gasteiger partial charge in [0.05, 0.1) is 10.0 Å². The molecule has 8 nitrogen and oxygen atoms in total. The SMILES string of the molecule is CN=C(NCCCn1nc(C)cc1C)NCCNS(=O)(=O)c1ccc(Cl)s1. The average molecular weight is 433 g/mol. The number of aryl methyl sites for hydroxylation is 3. The molecule has 0 spiro atoms. The van der Waals surface area contributed by atoms with E-state index in [4.69, 9.17) is 11.6 Å². The first kappa shape index (κ1) is 21.7. The van der Waals surface area contributed by atoms with Gasteiger partial charge in [0.2, 0.25) is 10.0 Å². The van der Waals surface area contributed by atoms with Crippen LogP contribution in [0.1, 0.15) is 17.8 Å². The Labute approximate surface area is 169 Å². The molecule has 0 amide bonds. The first-order valence-electron chi connectivity index (χ1n) is 8.52. The fraction of sp³-hybridized carbons (Fsp3) is 0.500. The summed E-state index contributed by atoms with van der Waals surface area (Å²) < 4.78 is 29.4. The molecule has 0 aliphatic carbocycles. The molecular weight excluding hydrogens is 408 g/mol. The molecule has 11 heteroatoms. The Morgan fingerprint density at radius 3 is 2.59 bits per heavy atom. The van der Waals surface area contributed by atoms with E-state index >= 15 is 0 Å². The van der Waals surface area contributed by atoms with Gasteiger partial charge in [0.15, 0.2) is 5.96 Å².